The number of para-hydroxylation sites is 1. The Bertz CT molecular complexity index is 617. The van der Waals surface area contributed by atoms with Crippen LogP contribution in [0.15, 0.2) is 24.3 Å². The lowest BCUT2D eigenvalue weighted by atomic mass is 10.2. The highest BCUT2D eigenvalue weighted by Crippen LogP contribution is 2.18. The van der Waals surface area contributed by atoms with Crippen molar-refractivity contribution in [3.05, 3.63) is 30.1 Å². The minimum Gasteiger partial charge on any atom is -0.490 e. The summed E-state index contributed by atoms with van der Waals surface area (Å²) in [5.41, 5.74) is 0. The Morgan fingerprint density at radius 1 is 1.43 bits per heavy atom. The number of amides is 1. The molecule has 7 heteroatoms. The molecule has 1 aliphatic rings. The molecule has 5 nitrogen and oxygen atoms in total. The SMILES string of the molecule is CN(C(=O)CCOc1ccccc1F)C1CCS(=O)(=O)C1. The van der Waals surface area contributed by atoms with Crippen LogP contribution in [0.25, 0.3) is 0 Å². The van der Waals surface area contributed by atoms with Gasteiger partial charge in [0, 0.05) is 13.1 Å². The summed E-state index contributed by atoms with van der Waals surface area (Å²) in [6, 6.07) is 5.72. The van der Waals surface area contributed by atoms with E-state index in [1.165, 1.54) is 17.0 Å². The second kappa shape index (κ2) is 6.43. The predicted molar refractivity (Wildman–Crippen MR) is 76.3 cm³/mol. The van der Waals surface area contributed by atoms with Gasteiger partial charge in [0.05, 0.1) is 24.5 Å². The van der Waals surface area contributed by atoms with Gasteiger partial charge in [-0.2, -0.15) is 0 Å². The molecule has 1 saturated heterocycles. The minimum absolute atomic E-state index is 0.0173. The summed E-state index contributed by atoms with van der Waals surface area (Å²) in [5.74, 6) is -0.422. The van der Waals surface area contributed by atoms with Gasteiger partial charge in [0.1, 0.15) is 0 Å². The van der Waals surface area contributed by atoms with Crippen molar-refractivity contribution in [1.82, 2.24) is 4.90 Å². The zero-order valence-corrected chi connectivity index (χ0v) is 12.6. The van der Waals surface area contributed by atoms with Crippen LogP contribution in [0.3, 0.4) is 0 Å². The predicted octanol–water partition coefficient (Wildman–Crippen LogP) is 1.24. The lowest BCUT2D eigenvalue weighted by Crippen LogP contribution is -2.38. The average Bonchev–Trinajstić information content (AvgIpc) is 2.80. The minimum atomic E-state index is -3.02. The van der Waals surface area contributed by atoms with E-state index in [4.69, 9.17) is 4.74 Å². The van der Waals surface area contributed by atoms with Crippen LogP contribution in [-0.2, 0) is 14.6 Å². The summed E-state index contributed by atoms with van der Waals surface area (Å²) in [4.78, 5) is 13.4. The molecule has 1 amide bonds. The molecule has 0 aliphatic carbocycles. The van der Waals surface area contributed by atoms with E-state index in [1.807, 2.05) is 0 Å². The number of sulfone groups is 1. The molecule has 1 fully saturated rings. The Kier molecular flexibility index (Phi) is 4.82. The van der Waals surface area contributed by atoms with E-state index in [0.29, 0.717) is 6.42 Å². The van der Waals surface area contributed by atoms with E-state index >= 15 is 0 Å². The zero-order chi connectivity index (χ0) is 15.5. The molecule has 1 heterocycles. The van der Waals surface area contributed by atoms with Crippen LogP contribution in [0.1, 0.15) is 12.8 Å². The van der Waals surface area contributed by atoms with Crippen molar-refractivity contribution in [2.24, 2.45) is 0 Å². The first-order chi connectivity index (χ1) is 9.89. The van der Waals surface area contributed by atoms with Crippen LogP contribution in [0.4, 0.5) is 4.39 Å². The van der Waals surface area contributed by atoms with Gasteiger partial charge in [-0.1, -0.05) is 12.1 Å². The third kappa shape index (κ3) is 4.17. The standard InChI is InChI=1S/C14H18FNO4S/c1-16(11-7-9-21(18,19)10-11)14(17)6-8-20-13-5-3-2-4-12(13)15/h2-5,11H,6-10H2,1H3. The Morgan fingerprint density at radius 2 is 2.14 bits per heavy atom. The van der Waals surface area contributed by atoms with Crippen molar-refractivity contribution in [2.45, 2.75) is 18.9 Å². The van der Waals surface area contributed by atoms with Crippen molar-refractivity contribution in [2.75, 3.05) is 25.2 Å². The van der Waals surface area contributed by atoms with Gasteiger partial charge in [-0.3, -0.25) is 4.79 Å². The highest BCUT2D eigenvalue weighted by molar-refractivity contribution is 7.91. The monoisotopic (exact) mass is 315 g/mol. The first-order valence-corrected chi connectivity index (χ1v) is 8.54. The van der Waals surface area contributed by atoms with Gasteiger partial charge in [0.15, 0.2) is 21.4 Å². The Hall–Kier alpha value is -1.63. The van der Waals surface area contributed by atoms with Crippen LogP contribution < -0.4 is 4.74 Å². The summed E-state index contributed by atoms with van der Waals surface area (Å²) in [5, 5.41) is 0. The summed E-state index contributed by atoms with van der Waals surface area (Å²) in [6.45, 7) is 0.0591. The van der Waals surface area contributed by atoms with Crippen LogP contribution in [0.5, 0.6) is 5.75 Å². The number of halogens is 1. The Morgan fingerprint density at radius 3 is 2.76 bits per heavy atom. The molecule has 2 rings (SSSR count). The fraction of sp³-hybridized carbons (Fsp3) is 0.500. The van der Waals surface area contributed by atoms with Crippen molar-refractivity contribution < 1.29 is 22.3 Å². The second-order valence-electron chi connectivity index (χ2n) is 5.09. The van der Waals surface area contributed by atoms with Gasteiger partial charge in [0.2, 0.25) is 5.91 Å². The van der Waals surface area contributed by atoms with Gasteiger partial charge >= 0.3 is 0 Å². The summed E-state index contributed by atoms with van der Waals surface area (Å²) in [7, 11) is -1.42. The van der Waals surface area contributed by atoms with Crippen molar-refractivity contribution in [3.8, 4) is 5.75 Å². The summed E-state index contributed by atoms with van der Waals surface area (Å²) < 4.78 is 41.3. The second-order valence-corrected chi connectivity index (χ2v) is 7.32. The average molecular weight is 315 g/mol. The smallest absolute Gasteiger partial charge is 0.226 e. The maximum atomic E-state index is 13.3. The number of rotatable bonds is 5. The van der Waals surface area contributed by atoms with Gasteiger partial charge in [0.25, 0.3) is 0 Å². The van der Waals surface area contributed by atoms with E-state index in [9.17, 15) is 17.6 Å². The van der Waals surface area contributed by atoms with Crippen LogP contribution in [-0.4, -0.2) is 50.4 Å². The van der Waals surface area contributed by atoms with Crippen LogP contribution in [0, 0.1) is 5.82 Å². The number of benzene rings is 1. The number of carbonyl (C=O) groups is 1. The summed E-state index contributed by atoms with van der Waals surface area (Å²) in [6.07, 6.45) is 0.556. The molecule has 0 radical (unpaired) electrons. The number of hydrogen-bond donors (Lipinski definition) is 0. The lowest BCUT2D eigenvalue weighted by molar-refractivity contribution is -0.132. The molecule has 1 aromatic carbocycles. The zero-order valence-electron chi connectivity index (χ0n) is 11.8. The maximum Gasteiger partial charge on any atom is 0.226 e. The third-order valence-electron chi connectivity index (χ3n) is 3.56. The van der Waals surface area contributed by atoms with Crippen molar-refractivity contribution in [3.63, 3.8) is 0 Å². The molecule has 116 valence electrons. The fourth-order valence-corrected chi connectivity index (χ4v) is 4.05. The van der Waals surface area contributed by atoms with Crippen LogP contribution >= 0.6 is 0 Å². The van der Waals surface area contributed by atoms with E-state index in [1.54, 1.807) is 19.2 Å². The molecule has 1 unspecified atom stereocenters. The fourth-order valence-electron chi connectivity index (χ4n) is 2.27. The summed E-state index contributed by atoms with van der Waals surface area (Å²) >= 11 is 0. The van der Waals surface area contributed by atoms with E-state index in [-0.39, 0.29) is 42.2 Å². The molecular weight excluding hydrogens is 297 g/mol. The largest absolute Gasteiger partial charge is 0.490 e. The van der Waals surface area contributed by atoms with Gasteiger partial charge in [-0.05, 0) is 18.6 Å². The molecule has 0 N–H and O–H groups in total. The molecule has 0 spiro atoms. The first-order valence-electron chi connectivity index (χ1n) is 6.72. The molecule has 0 bridgehead atoms. The number of ether oxygens (including phenoxy) is 1. The maximum absolute atomic E-state index is 13.3. The van der Waals surface area contributed by atoms with Gasteiger partial charge in [-0.25, -0.2) is 12.8 Å². The number of nitrogens with zero attached hydrogens (tertiary/aromatic N) is 1. The van der Waals surface area contributed by atoms with Crippen molar-refractivity contribution >= 4 is 15.7 Å². The topological polar surface area (TPSA) is 63.7 Å². The molecular formula is C14H18FNO4S. The Labute approximate surface area is 123 Å². The number of hydrogen-bond acceptors (Lipinski definition) is 4. The lowest BCUT2D eigenvalue weighted by Gasteiger charge is -2.23. The molecule has 1 aromatic rings. The molecule has 1 aliphatic heterocycles. The van der Waals surface area contributed by atoms with Gasteiger partial charge < -0.3 is 9.64 Å². The Balaban J connectivity index is 1.81. The third-order valence-corrected chi connectivity index (χ3v) is 5.31. The molecule has 0 saturated carbocycles. The highest BCUT2D eigenvalue weighted by atomic mass is 32.2. The van der Waals surface area contributed by atoms with Crippen LogP contribution in [0.2, 0.25) is 0 Å². The van der Waals surface area contributed by atoms with E-state index in [2.05, 4.69) is 0 Å². The highest BCUT2D eigenvalue weighted by Gasteiger charge is 2.32. The first kappa shape index (κ1) is 15.8. The number of carbonyl (C=O) groups excluding carboxylic acids is 1. The van der Waals surface area contributed by atoms with E-state index in [0.717, 1.165) is 0 Å². The van der Waals surface area contributed by atoms with Gasteiger partial charge in [-0.15, -0.1) is 0 Å². The van der Waals surface area contributed by atoms with Crippen molar-refractivity contribution in [1.29, 1.82) is 0 Å². The molecule has 21 heavy (non-hydrogen) atoms. The molecule has 1 atom stereocenters. The molecule has 0 aromatic heterocycles. The normalized spacial score (nSPS) is 20.2. The quantitative estimate of drug-likeness (QED) is 0.820. The van der Waals surface area contributed by atoms with E-state index < -0.39 is 15.7 Å².